The molecule has 1 heterocycles. The predicted octanol–water partition coefficient (Wildman–Crippen LogP) is 1.37. The Morgan fingerprint density at radius 2 is 2.06 bits per heavy atom. The first-order valence-electron chi connectivity index (χ1n) is 5.78. The molecule has 2 aliphatic rings. The second-order valence-corrected chi connectivity index (χ2v) is 5.68. The Morgan fingerprint density at radius 1 is 1.38 bits per heavy atom. The maximum atomic E-state index is 11.8. The van der Waals surface area contributed by atoms with Crippen molar-refractivity contribution in [3.8, 4) is 0 Å². The largest absolute Gasteiger partial charge is 0.444 e. The molecule has 0 bridgehead atoms. The van der Waals surface area contributed by atoms with Gasteiger partial charge in [-0.25, -0.2) is 4.79 Å². The Balaban J connectivity index is 1.94. The Bertz CT molecular complexity index is 319. The van der Waals surface area contributed by atoms with Crippen LogP contribution in [-0.2, 0) is 4.74 Å². The summed E-state index contributed by atoms with van der Waals surface area (Å²) in [6, 6.07) is 0.0948. The molecule has 0 spiro atoms. The highest BCUT2D eigenvalue weighted by Gasteiger charge is 2.40. The minimum Gasteiger partial charge on any atom is -0.444 e. The van der Waals surface area contributed by atoms with Gasteiger partial charge < -0.3 is 15.4 Å². The van der Waals surface area contributed by atoms with Crippen molar-refractivity contribution in [2.24, 2.45) is 17.6 Å². The third-order valence-corrected chi connectivity index (χ3v) is 3.14. The highest BCUT2D eigenvalue weighted by atomic mass is 16.6. The van der Waals surface area contributed by atoms with Gasteiger partial charge in [0.15, 0.2) is 0 Å². The topological polar surface area (TPSA) is 55.6 Å². The minimum atomic E-state index is -0.424. The van der Waals surface area contributed by atoms with Crippen LogP contribution in [0.5, 0.6) is 0 Å². The molecule has 1 fully saturated rings. The molecule has 1 aliphatic heterocycles. The number of likely N-dealkylation sites (tertiary alicyclic amines) is 1. The number of fused-ring (bicyclic) bond motifs is 1. The fourth-order valence-corrected chi connectivity index (χ4v) is 2.35. The number of hydrogen-bond acceptors (Lipinski definition) is 3. The molecule has 0 aromatic heterocycles. The van der Waals surface area contributed by atoms with E-state index in [0.29, 0.717) is 18.4 Å². The molecule has 0 aromatic rings. The Labute approximate surface area is 96.4 Å². The van der Waals surface area contributed by atoms with Gasteiger partial charge in [-0.3, -0.25) is 0 Å². The number of hydrogen-bond donors (Lipinski definition) is 1. The van der Waals surface area contributed by atoms with Gasteiger partial charge in [0, 0.05) is 31.0 Å². The van der Waals surface area contributed by atoms with E-state index in [1.165, 1.54) is 0 Å². The van der Waals surface area contributed by atoms with Gasteiger partial charge in [0.2, 0.25) is 0 Å². The first-order chi connectivity index (χ1) is 7.37. The summed E-state index contributed by atoms with van der Waals surface area (Å²) in [4.78, 5) is 13.6. The van der Waals surface area contributed by atoms with Crippen LogP contribution in [0.4, 0.5) is 4.79 Å². The Kier molecular flexibility index (Phi) is 2.70. The fraction of sp³-hybridized carbons (Fsp3) is 0.750. The molecule has 90 valence electrons. The molecule has 0 saturated carbocycles. The van der Waals surface area contributed by atoms with Gasteiger partial charge in [-0.05, 0) is 20.8 Å². The number of nitrogens with two attached hydrogens (primary N) is 1. The Morgan fingerprint density at radius 3 is 2.62 bits per heavy atom. The summed E-state index contributed by atoms with van der Waals surface area (Å²) in [6.07, 6.45) is 3.95. The zero-order valence-electron chi connectivity index (χ0n) is 10.1. The normalized spacial score (nSPS) is 33.0. The maximum Gasteiger partial charge on any atom is 0.410 e. The van der Waals surface area contributed by atoms with Gasteiger partial charge in [0.05, 0.1) is 0 Å². The van der Waals surface area contributed by atoms with E-state index < -0.39 is 5.60 Å². The van der Waals surface area contributed by atoms with Gasteiger partial charge >= 0.3 is 6.09 Å². The van der Waals surface area contributed by atoms with E-state index in [4.69, 9.17) is 10.5 Å². The summed E-state index contributed by atoms with van der Waals surface area (Å²) in [5.41, 5.74) is 5.52. The molecule has 0 aromatic carbocycles. The molecule has 4 heteroatoms. The highest BCUT2D eigenvalue weighted by Crippen LogP contribution is 2.32. The SMILES string of the molecule is CC(C)(C)OC(=O)N1C[C@@H]2[C@H](C=C[C@@H]2N)C1. The van der Waals surface area contributed by atoms with Crippen LogP contribution < -0.4 is 5.73 Å². The van der Waals surface area contributed by atoms with E-state index in [2.05, 4.69) is 6.08 Å². The van der Waals surface area contributed by atoms with E-state index in [9.17, 15) is 4.79 Å². The van der Waals surface area contributed by atoms with E-state index in [1.54, 1.807) is 4.90 Å². The van der Waals surface area contributed by atoms with Gasteiger partial charge in [0.25, 0.3) is 0 Å². The zero-order chi connectivity index (χ0) is 11.9. The number of amides is 1. The molecule has 1 amide bonds. The van der Waals surface area contributed by atoms with Crippen LogP contribution in [0, 0.1) is 11.8 Å². The van der Waals surface area contributed by atoms with Crippen LogP contribution in [0.3, 0.4) is 0 Å². The lowest BCUT2D eigenvalue weighted by Gasteiger charge is -2.24. The first kappa shape index (κ1) is 11.5. The van der Waals surface area contributed by atoms with Crippen molar-refractivity contribution >= 4 is 6.09 Å². The van der Waals surface area contributed by atoms with Crippen LogP contribution in [-0.4, -0.2) is 35.7 Å². The lowest BCUT2D eigenvalue weighted by molar-refractivity contribution is 0.0284. The van der Waals surface area contributed by atoms with Crippen LogP contribution in [0.25, 0.3) is 0 Å². The second-order valence-electron chi connectivity index (χ2n) is 5.68. The van der Waals surface area contributed by atoms with E-state index in [-0.39, 0.29) is 12.1 Å². The second kappa shape index (κ2) is 3.77. The van der Waals surface area contributed by atoms with Crippen molar-refractivity contribution in [3.05, 3.63) is 12.2 Å². The van der Waals surface area contributed by atoms with Gasteiger partial charge in [-0.15, -0.1) is 0 Å². The molecule has 2 rings (SSSR count). The minimum absolute atomic E-state index is 0.0948. The third-order valence-electron chi connectivity index (χ3n) is 3.14. The maximum absolute atomic E-state index is 11.8. The molecular weight excluding hydrogens is 204 g/mol. The lowest BCUT2D eigenvalue weighted by atomic mass is 9.97. The first-order valence-corrected chi connectivity index (χ1v) is 5.78. The third kappa shape index (κ3) is 2.21. The molecule has 16 heavy (non-hydrogen) atoms. The fourth-order valence-electron chi connectivity index (χ4n) is 2.35. The molecule has 2 N–H and O–H groups in total. The smallest absolute Gasteiger partial charge is 0.410 e. The molecular formula is C12H20N2O2. The molecule has 1 saturated heterocycles. The number of rotatable bonds is 0. The average Bonchev–Trinajstić information content (AvgIpc) is 2.65. The molecule has 1 aliphatic carbocycles. The number of nitrogens with zero attached hydrogens (tertiary/aromatic N) is 1. The number of carbonyl (C=O) groups excluding carboxylic acids is 1. The summed E-state index contributed by atoms with van der Waals surface area (Å²) in [5.74, 6) is 0.801. The quantitative estimate of drug-likeness (QED) is 0.632. The van der Waals surface area contributed by atoms with Crippen molar-refractivity contribution < 1.29 is 9.53 Å². The van der Waals surface area contributed by atoms with Gasteiger partial charge in [-0.2, -0.15) is 0 Å². The van der Waals surface area contributed by atoms with Crippen molar-refractivity contribution in [1.82, 2.24) is 4.90 Å². The van der Waals surface area contributed by atoms with E-state index in [0.717, 1.165) is 6.54 Å². The standard InChI is InChI=1S/C12H20N2O2/c1-12(2,3)16-11(15)14-6-8-4-5-10(13)9(8)7-14/h4-5,8-10H,6-7,13H2,1-3H3/t8-,9-,10+/m1/s1. The molecule has 3 atom stereocenters. The highest BCUT2D eigenvalue weighted by molar-refractivity contribution is 5.68. The molecule has 0 radical (unpaired) electrons. The monoisotopic (exact) mass is 224 g/mol. The van der Waals surface area contributed by atoms with Crippen molar-refractivity contribution in [1.29, 1.82) is 0 Å². The summed E-state index contributed by atoms with van der Waals surface area (Å²) in [6.45, 7) is 7.10. The van der Waals surface area contributed by atoms with Crippen LogP contribution in [0.15, 0.2) is 12.2 Å². The molecule has 0 unspecified atom stereocenters. The zero-order valence-corrected chi connectivity index (χ0v) is 10.1. The Hall–Kier alpha value is -1.03. The van der Waals surface area contributed by atoms with E-state index in [1.807, 2.05) is 26.8 Å². The number of carbonyl (C=O) groups is 1. The van der Waals surface area contributed by atoms with Gasteiger partial charge in [0.1, 0.15) is 5.60 Å². The van der Waals surface area contributed by atoms with Crippen LogP contribution in [0.2, 0.25) is 0 Å². The van der Waals surface area contributed by atoms with E-state index >= 15 is 0 Å². The van der Waals surface area contributed by atoms with Crippen LogP contribution >= 0.6 is 0 Å². The van der Waals surface area contributed by atoms with Crippen molar-refractivity contribution in [2.45, 2.75) is 32.4 Å². The van der Waals surface area contributed by atoms with Crippen molar-refractivity contribution in [2.75, 3.05) is 13.1 Å². The average molecular weight is 224 g/mol. The summed E-state index contributed by atoms with van der Waals surface area (Å²) in [5, 5.41) is 0. The van der Waals surface area contributed by atoms with Crippen molar-refractivity contribution in [3.63, 3.8) is 0 Å². The van der Waals surface area contributed by atoms with Crippen LogP contribution in [0.1, 0.15) is 20.8 Å². The van der Waals surface area contributed by atoms with Gasteiger partial charge in [-0.1, -0.05) is 12.2 Å². The predicted molar refractivity (Wildman–Crippen MR) is 61.9 cm³/mol. The lowest BCUT2D eigenvalue weighted by Crippen LogP contribution is -2.37. The summed E-state index contributed by atoms with van der Waals surface area (Å²) >= 11 is 0. The molecule has 4 nitrogen and oxygen atoms in total. The number of ether oxygens (including phenoxy) is 1. The summed E-state index contributed by atoms with van der Waals surface area (Å²) < 4.78 is 5.34. The summed E-state index contributed by atoms with van der Waals surface area (Å²) in [7, 11) is 0.